The van der Waals surface area contributed by atoms with Crippen LogP contribution in [0.15, 0.2) is 27.9 Å². The highest BCUT2D eigenvalue weighted by Gasteiger charge is 2.30. The van der Waals surface area contributed by atoms with Crippen LogP contribution in [0, 0.1) is 6.92 Å². The summed E-state index contributed by atoms with van der Waals surface area (Å²) in [6.07, 6.45) is 5.14. The van der Waals surface area contributed by atoms with Crippen molar-refractivity contribution >= 4 is 21.6 Å². The lowest BCUT2D eigenvalue weighted by atomic mass is 10.2. The van der Waals surface area contributed by atoms with Crippen LogP contribution in [-0.4, -0.2) is 18.6 Å². The summed E-state index contributed by atoms with van der Waals surface area (Å²) in [5.41, 5.74) is 2.33. The molecule has 0 atom stereocenters. The first-order valence-electron chi connectivity index (χ1n) is 6.52. The Bertz CT molecular complexity index is 769. The number of nitrogens with one attached hydrogen (secondary N) is 1. The third-order valence-electron chi connectivity index (χ3n) is 3.32. The number of sulfonamides is 1. The van der Waals surface area contributed by atoms with Gasteiger partial charge in [0.05, 0.1) is 5.69 Å². The number of nitrogens with zero attached hydrogens (tertiary/aromatic N) is 2. The summed E-state index contributed by atoms with van der Waals surface area (Å²) in [5.74, 6) is 0.396. The Balaban J connectivity index is 1.80. The third-order valence-corrected chi connectivity index (χ3v) is 5.15. The first-order valence-corrected chi connectivity index (χ1v) is 8.38. The SMILES string of the molecule is Cc1cnc(Cl)c(S(=O)(=O)NCc2conc2C2CC2)c1. The number of pyridine rings is 1. The summed E-state index contributed by atoms with van der Waals surface area (Å²) in [6, 6.07) is 1.49. The zero-order valence-corrected chi connectivity index (χ0v) is 12.9. The largest absolute Gasteiger partial charge is 0.364 e. The minimum Gasteiger partial charge on any atom is -0.364 e. The molecular formula is C13H14ClN3O3S. The second-order valence-electron chi connectivity index (χ2n) is 5.13. The Hall–Kier alpha value is -1.44. The predicted octanol–water partition coefficient (Wildman–Crippen LogP) is 2.39. The van der Waals surface area contributed by atoms with Gasteiger partial charge in [0.25, 0.3) is 0 Å². The Kier molecular flexibility index (Phi) is 3.73. The first-order chi connectivity index (χ1) is 9.97. The molecule has 21 heavy (non-hydrogen) atoms. The van der Waals surface area contributed by atoms with Gasteiger partial charge in [-0.15, -0.1) is 0 Å². The molecule has 2 aromatic heterocycles. The van der Waals surface area contributed by atoms with E-state index in [4.69, 9.17) is 16.1 Å². The molecule has 8 heteroatoms. The van der Waals surface area contributed by atoms with Crippen LogP contribution in [0.4, 0.5) is 0 Å². The van der Waals surface area contributed by atoms with E-state index in [1.165, 1.54) is 18.5 Å². The number of aromatic nitrogens is 2. The van der Waals surface area contributed by atoms with Crippen LogP contribution < -0.4 is 4.72 Å². The topological polar surface area (TPSA) is 85.1 Å². The molecule has 0 spiro atoms. The smallest absolute Gasteiger partial charge is 0.243 e. The lowest BCUT2D eigenvalue weighted by molar-refractivity contribution is 0.411. The van der Waals surface area contributed by atoms with Crippen molar-refractivity contribution in [1.29, 1.82) is 0 Å². The molecule has 3 rings (SSSR count). The van der Waals surface area contributed by atoms with Gasteiger partial charge in [-0.25, -0.2) is 18.1 Å². The van der Waals surface area contributed by atoms with Crippen molar-refractivity contribution < 1.29 is 12.9 Å². The van der Waals surface area contributed by atoms with Crippen molar-refractivity contribution in [3.05, 3.63) is 40.5 Å². The van der Waals surface area contributed by atoms with E-state index in [0.717, 1.165) is 29.7 Å². The van der Waals surface area contributed by atoms with Gasteiger partial charge in [-0.05, 0) is 31.4 Å². The average Bonchev–Trinajstić information content (AvgIpc) is 3.18. The molecule has 1 fully saturated rings. The van der Waals surface area contributed by atoms with E-state index in [2.05, 4.69) is 14.9 Å². The van der Waals surface area contributed by atoms with Crippen molar-refractivity contribution in [3.63, 3.8) is 0 Å². The molecule has 1 N–H and O–H groups in total. The minimum absolute atomic E-state index is 0.0198. The molecule has 0 aliphatic heterocycles. The van der Waals surface area contributed by atoms with Gasteiger partial charge >= 0.3 is 0 Å². The first kappa shape index (κ1) is 14.5. The molecule has 112 valence electrons. The van der Waals surface area contributed by atoms with Gasteiger partial charge in [-0.1, -0.05) is 16.8 Å². The predicted molar refractivity (Wildman–Crippen MR) is 76.5 cm³/mol. The van der Waals surface area contributed by atoms with Crippen LogP contribution in [0.25, 0.3) is 0 Å². The number of hydrogen-bond donors (Lipinski definition) is 1. The highest BCUT2D eigenvalue weighted by Crippen LogP contribution is 2.40. The highest BCUT2D eigenvalue weighted by atomic mass is 35.5. The molecule has 1 aliphatic rings. The van der Waals surface area contributed by atoms with Gasteiger partial charge in [0.15, 0.2) is 0 Å². The maximum atomic E-state index is 12.3. The van der Waals surface area contributed by atoms with Crippen LogP contribution in [-0.2, 0) is 16.6 Å². The summed E-state index contributed by atoms with van der Waals surface area (Å²) in [4.78, 5) is 3.84. The number of hydrogen-bond acceptors (Lipinski definition) is 5. The maximum Gasteiger partial charge on any atom is 0.243 e. The Morgan fingerprint density at radius 1 is 1.48 bits per heavy atom. The standard InChI is InChI=1S/C13H14ClN3O3S/c1-8-4-11(13(14)15-5-8)21(18,19)16-6-10-7-20-17-12(10)9-2-3-9/h4-5,7,9,16H,2-3,6H2,1H3. The summed E-state index contributed by atoms with van der Waals surface area (Å²) in [7, 11) is -3.73. The lowest BCUT2D eigenvalue weighted by Crippen LogP contribution is -2.24. The molecule has 0 amide bonds. The van der Waals surface area contributed by atoms with Crippen molar-refractivity contribution in [2.75, 3.05) is 0 Å². The van der Waals surface area contributed by atoms with Gasteiger partial charge in [-0.2, -0.15) is 0 Å². The van der Waals surface area contributed by atoms with E-state index < -0.39 is 10.0 Å². The average molecular weight is 328 g/mol. The molecular weight excluding hydrogens is 314 g/mol. The molecule has 0 bridgehead atoms. The van der Waals surface area contributed by atoms with Gasteiger partial charge < -0.3 is 4.52 Å². The molecule has 2 aromatic rings. The van der Waals surface area contributed by atoms with E-state index in [0.29, 0.717) is 5.92 Å². The van der Waals surface area contributed by atoms with E-state index in [1.54, 1.807) is 6.92 Å². The van der Waals surface area contributed by atoms with Gasteiger partial charge in [-0.3, -0.25) is 0 Å². The fourth-order valence-corrected chi connectivity index (χ4v) is 3.58. The van der Waals surface area contributed by atoms with Crippen molar-refractivity contribution in [2.45, 2.75) is 37.1 Å². The van der Waals surface area contributed by atoms with Gasteiger partial charge in [0.1, 0.15) is 16.3 Å². The van der Waals surface area contributed by atoms with E-state index >= 15 is 0 Å². The van der Waals surface area contributed by atoms with Gasteiger partial charge in [0, 0.05) is 24.2 Å². The summed E-state index contributed by atoms with van der Waals surface area (Å²) < 4.78 is 32.1. The molecule has 2 heterocycles. The summed E-state index contributed by atoms with van der Waals surface area (Å²) in [5, 5.41) is 3.89. The quantitative estimate of drug-likeness (QED) is 0.852. The Morgan fingerprint density at radius 3 is 2.95 bits per heavy atom. The van der Waals surface area contributed by atoms with Crippen molar-refractivity contribution in [1.82, 2.24) is 14.9 Å². The molecule has 0 unspecified atom stereocenters. The van der Waals surface area contributed by atoms with E-state index in [1.807, 2.05) is 0 Å². The second-order valence-corrected chi connectivity index (χ2v) is 7.22. The minimum atomic E-state index is -3.73. The number of halogens is 1. The van der Waals surface area contributed by atoms with Gasteiger partial charge in [0.2, 0.25) is 10.0 Å². The van der Waals surface area contributed by atoms with Crippen molar-refractivity contribution in [2.24, 2.45) is 0 Å². The Labute approximate surface area is 127 Å². The molecule has 0 saturated heterocycles. The number of rotatable bonds is 5. The zero-order valence-electron chi connectivity index (χ0n) is 11.3. The fourth-order valence-electron chi connectivity index (χ4n) is 2.06. The highest BCUT2D eigenvalue weighted by molar-refractivity contribution is 7.89. The molecule has 1 saturated carbocycles. The summed E-state index contributed by atoms with van der Waals surface area (Å²) >= 11 is 5.87. The monoisotopic (exact) mass is 327 g/mol. The van der Waals surface area contributed by atoms with Crippen LogP contribution in [0.2, 0.25) is 5.15 Å². The normalized spacial score (nSPS) is 15.3. The second kappa shape index (κ2) is 5.40. The van der Waals surface area contributed by atoms with Crippen LogP contribution in [0.5, 0.6) is 0 Å². The molecule has 6 nitrogen and oxygen atoms in total. The van der Waals surface area contributed by atoms with Crippen LogP contribution in [0.1, 0.15) is 35.6 Å². The molecule has 1 aliphatic carbocycles. The van der Waals surface area contributed by atoms with Crippen molar-refractivity contribution in [3.8, 4) is 0 Å². The number of aryl methyl sites for hydroxylation is 1. The summed E-state index contributed by atoms with van der Waals surface area (Å²) in [6.45, 7) is 1.88. The Morgan fingerprint density at radius 2 is 2.24 bits per heavy atom. The van der Waals surface area contributed by atoms with Crippen LogP contribution >= 0.6 is 11.6 Å². The maximum absolute atomic E-state index is 12.3. The third kappa shape index (κ3) is 3.09. The fraction of sp³-hybridized carbons (Fsp3) is 0.385. The zero-order chi connectivity index (χ0) is 15.0. The lowest BCUT2D eigenvalue weighted by Gasteiger charge is -2.08. The van der Waals surface area contributed by atoms with E-state index in [9.17, 15) is 8.42 Å². The van der Waals surface area contributed by atoms with E-state index in [-0.39, 0.29) is 16.6 Å². The van der Waals surface area contributed by atoms with Crippen LogP contribution in [0.3, 0.4) is 0 Å². The molecule has 0 aromatic carbocycles. The molecule has 0 radical (unpaired) electrons.